The Balaban J connectivity index is 1.58. The topological polar surface area (TPSA) is 113 Å². The van der Waals surface area contributed by atoms with Gasteiger partial charge in [0.25, 0.3) is 11.8 Å². The van der Waals surface area contributed by atoms with Crippen molar-refractivity contribution in [1.82, 2.24) is 20.6 Å². The molecule has 1 atom stereocenters. The summed E-state index contributed by atoms with van der Waals surface area (Å²) >= 11 is 0. The molecule has 2 aromatic carbocycles. The van der Waals surface area contributed by atoms with E-state index < -0.39 is 5.91 Å². The molecule has 0 saturated carbocycles. The van der Waals surface area contributed by atoms with Crippen LogP contribution in [0.2, 0.25) is 0 Å². The van der Waals surface area contributed by atoms with Crippen molar-refractivity contribution >= 4 is 22.8 Å². The lowest BCUT2D eigenvalue weighted by atomic mass is 10.1. The minimum Gasteiger partial charge on any atom is -0.366 e. The van der Waals surface area contributed by atoms with Gasteiger partial charge in [0.15, 0.2) is 0 Å². The van der Waals surface area contributed by atoms with Gasteiger partial charge in [0.05, 0.1) is 11.1 Å². The van der Waals surface area contributed by atoms with Crippen molar-refractivity contribution in [3.8, 4) is 11.4 Å². The minimum absolute atomic E-state index is 0.0779. The summed E-state index contributed by atoms with van der Waals surface area (Å²) in [7, 11) is 0. The lowest BCUT2D eigenvalue weighted by molar-refractivity contribution is 0.0939. The number of nitrogens with zero attached hydrogens (tertiary/aromatic N) is 1. The number of benzene rings is 2. The molecule has 7 heteroatoms. The smallest absolute Gasteiger partial charge is 0.251 e. The summed E-state index contributed by atoms with van der Waals surface area (Å²) < 4.78 is 0. The van der Waals surface area contributed by atoms with Gasteiger partial charge in [-0.05, 0) is 37.2 Å². The van der Waals surface area contributed by atoms with Crippen LogP contribution in [0.4, 0.5) is 0 Å². The number of carbonyl (C=O) groups excluding carboxylic acids is 2. The van der Waals surface area contributed by atoms with Crippen molar-refractivity contribution in [2.24, 2.45) is 5.73 Å². The SMILES string of the molecule is NC(=O)c1cccc2[nH]c(-c3ccc(C(=O)N[C@H]4CCNC4)cc3)nc12. The quantitative estimate of drug-likeness (QED) is 0.570. The van der Waals surface area contributed by atoms with Crippen LogP contribution in [0.1, 0.15) is 27.1 Å². The first-order chi connectivity index (χ1) is 12.6. The molecule has 1 aromatic heterocycles. The molecule has 0 radical (unpaired) electrons. The molecule has 2 amide bonds. The fourth-order valence-corrected chi connectivity index (χ4v) is 3.19. The second-order valence-electron chi connectivity index (χ2n) is 6.39. The number of aromatic amines is 1. The maximum Gasteiger partial charge on any atom is 0.251 e. The molecule has 0 unspecified atom stereocenters. The van der Waals surface area contributed by atoms with Gasteiger partial charge < -0.3 is 21.4 Å². The van der Waals surface area contributed by atoms with Gasteiger partial charge in [0.2, 0.25) is 0 Å². The fraction of sp³-hybridized carbons (Fsp3) is 0.211. The molecule has 1 saturated heterocycles. The Morgan fingerprint density at radius 3 is 2.65 bits per heavy atom. The predicted molar refractivity (Wildman–Crippen MR) is 98.8 cm³/mol. The van der Waals surface area contributed by atoms with Crippen molar-refractivity contribution in [2.45, 2.75) is 12.5 Å². The van der Waals surface area contributed by atoms with Crippen molar-refractivity contribution in [1.29, 1.82) is 0 Å². The number of nitrogens with one attached hydrogen (secondary N) is 3. The Morgan fingerprint density at radius 2 is 1.96 bits per heavy atom. The summed E-state index contributed by atoms with van der Waals surface area (Å²) in [4.78, 5) is 31.5. The number of nitrogens with two attached hydrogens (primary N) is 1. The molecule has 1 fully saturated rings. The lowest BCUT2D eigenvalue weighted by Gasteiger charge is -2.11. The molecule has 4 rings (SSSR count). The molecule has 0 bridgehead atoms. The normalized spacial score (nSPS) is 16.7. The molecule has 7 nitrogen and oxygen atoms in total. The van der Waals surface area contributed by atoms with E-state index in [-0.39, 0.29) is 11.9 Å². The number of hydrogen-bond donors (Lipinski definition) is 4. The Morgan fingerprint density at radius 1 is 1.15 bits per heavy atom. The molecule has 132 valence electrons. The Labute approximate surface area is 150 Å². The molecule has 5 N–H and O–H groups in total. The molecule has 1 aliphatic rings. The minimum atomic E-state index is -0.512. The van der Waals surface area contributed by atoms with E-state index in [1.165, 1.54) is 0 Å². The van der Waals surface area contributed by atoms with E-state index in [2.05, 4.69) is 20.6 Å². The van der Waals surface area contributed by atoms with Crippen molar-refractivity contribution in [3.63, 3.8) is 0 Å². The highest BCUT2D eigenvalue weighted by Crippen LogP contribution is 2.23. The summed E-state index contributed by atoms with van der Waals surface area (Å²) in [5, 5.41) is 6.24. The maximum atomic E-state index is 12.3. The Bertz CT molecular complexity index is 971. The fourth-order valence-electron chi connectivity index (χ4n) is 3.19. The van der Waals surface area contributed by atoms with Crippen LogP contribution in [-0.2, 0) is 0 Å². The molecular formula is C19H19N5O2. The summed E-state index contributed by atoms with van der Waals surface area (Å²) in [6.45, 7) is 1.74. The van der Waals surface area contributed by atoms with Crippen molar-refractivity contribution in [3.05, 3.63) is 53.6 Å². The summed E-state index contributed by atoms with van der Waals surface area (Å²) in [5.41, 5.74) is 8.51. The zero-order valence-electron chi connectivity index (χ0n) is 14.1. The zero-order valence-corrected chi connectivity index (χ0v) is 14.1. The Kier molecular flexibility index (Phi) is 4.14. The maximum absolute atomic E-state index is 12.3. The number of primary amides is 1. The third-order valence-electron chi connectivity index (χ3n) is 4.59. The number of H-pyrrole nitrogens is 1. The van der Waals surface area contributed by atoms with E-state index in [4.69, 9.17) is 5.73 Å². The van der Waals surface area contributed by atoms with Gasteiger partial charge in [-0.1, -0.05) is 18.2 Å². The predicted octanol–water partition coefficient (Wildman–Crippen LogP) is 1.42. The number of carbonyl (C=O) groups is 2. The molecule has 3 aromatic rings. The van der Waals surface area contributed by atoms with Crippen LogP contribution in [0, 0.1) is 0 Å². The first-order valence-corrected chi connectivity index (χ1v) is 8.52. The van der Waals surface area contributed by atoms with Gasteiger partial charge in [0, 0.05) is 23.7 Å². The van der Waals surface area contributed by atoms with E-state index in [1.807, 2.05) is 18.2 Å². The van der Waals surface area contributed by atoms with E-state index in [1.54, 1.807) is 24.3 Å². The number of rotatable bonds is 4. The molecule has 1 aliphatic heterocycles. The van der Waals surface area contributed by atoms with Crippen LogP contribution in [0.25, 0.3) is 22.4 Å². The van der Waals surface area contributed by atoms with Gasteiger partial charge in [-0.2, -0.15) is 0 Å². The van der Waals surface area contributed by atoms with Crippen LogP contribution < -0.4 is 16.4 Å². The third-order valence-corrected chi connectivity index (χ3v) is 4.59. The lowest BCUT2D eigenvalue weighted by Crippen LogP contribution is -2.36. The highest BCUT2D eigenvalue weighted by molar-refractivity contribution is 6.04. The van der Waals surface area contributed by atoms with Crippen LogP contribution in [0.5, 0.6) is 0 Å². The van der Waals surface area contributed by atoms with E-state index in [0.717, 1.165) is 30.6 Å². The molecule has 0 spiro atoms. The average molecular weight is 349 g/mol. The van der Waals surface area contributed by atoms with E-state index >= 15 is 0 Å². The standard InChI is InChI=1S/C19H19N5O2/c20-17(25)14-2-1-3-15-16(14)24-18(23-15)11-4-6-12(7-5-11)19(26)22-13-8-9-21-10-13/h1-7,13,21H,8-10H2,(H2,20,25)(H,22,26)(H,23,24)/t13-/m0/s1. The first kappa shape index (κ1) is 16.3. The summed E-state index contributed by atoms with van der Waals surface area (Å²) in [6, 6.07) is 12.7. The second-order valence-corrected chi connectivity index (χ2v) is 6.39. The Hall–Kier alpha value is -3.19. The number of fused-ring (bicyclic) bond motifs is 1. The van der Waals surface area contributed by atoms with Crippen molar-refractivity contribution in [2.75, 3.05) is 13.1 Å². The third kappa shape index (κ3) is 3.04. The number of amides is 2. The van der Waals surface area contributed by atoms with Crippen LogP contribution in [-0.4, -0.2) is 40.9 Å². The van der Waals surface area contributed by atoms with Gasteiger partial charge in [-0.3, -0.25) is 9.59 Å². The van der Waals surface area contributed by atoms with Gasteiger partial charge >= 0.3 is 0 Å². The second kappa shape index (κ2) is 6.61. The highest BCUT2D eigenvalue weighted by atomic mass is 16.2. The number of imidazole rings is 1. The van der Waals surface area contributed by atoms with E-state index in [0.29, 0.717) is 22.5 Å². The van der Waals surface area contributed by atoms with Crippen LogP contribution in [0.3, 0.4) is 0 Å². The summed E-state index contributed by atoms with van der Waals surface area (Å²) in [5.74, 6) is 0.0357. The number of hydrogen-bond acceptors (Lipinski definition) is 4. The monoisotopic (exact) mass is 349 g/mol. The first-order valence-electron chi connectivity index (χ1n) is 8.52. The molecular weight excluding hydrogens is 330 g/mol. The average Bonchev–Trinajstić information content (AvgIpc) is 3.30. The van der Waals surface area contributed by atoms with Crippen LogP contribution >= 0.6 is 0 Å². The van der Waals surface area contributed by atoms with E-state index in [9.17, 15) is 9.59 Å². The van der Waals surface area contributed by atoms with Gasteiger partial charge in [-0.15, -0.1) is 0 Å². The van der Waals surface area contributed by atoms with Crippen LogP contribution in [0.15, 0.2) is 42.5 Å². The zero-order chi connectivity index (χ0) is 18.1. The molecule has 0 aliphatic carbocycles. The van der Waals surface area contributed by atoms with Crippen molar-refractivity contribution < 1.29 is 9.59 Å². The highest BCUT2D eigenvalue weighted by Gasteiger charge is 2.18. The largest absolute Gasteiger partial charge is 0.366 e. The number of para-hydroxylation sites is 1. The van der Waals surface area contributed by atoms with Gasteiger partial charge in [-0.25, -0.2) is 4.98 Å². The number of aromatic nitrogens is 2. The molecule has 2 heterocycles. The molecule has 26 heavy (non-hydrogen) atoms. The van der Waals surface area contributed by atoms with Gasteiger partial charge in [0.1, 0.15) is 11.3 Å². The summed E-state index contributed by atoms with van der Waals surface area (Å²) in [6.07, 6.45) is 0.949.